The summed E-state index contributed by atoms with van der Waals surface area (Å²) in [4.78, 5) is 0.120. The van der Waals surface area contributed by atoms with Crippen molar-refractivity contribution in [1.82, 2.24) is 4.72 Å². The molecule has 2 rings (SSSR count). The van der Waals surface area contributed by atoms with Crippen molar-refractivity contribution < 1.29 is 12.8 Å². The molecule has 0 amide bonds. The van der Waals surface area contributed by atoms with Crippen LogP contribution in [0.4, 0.5) is 4.39 Å². The van der Waals surface area contributed by atoms with E-state index in [1.807, 2.05) is 0 Å². The fourth-order valence-electron chi connectivity index (χ4n) is 2.43. The topological polar surface area (TPSA) is 46.2 Å². The van der Waals surface area contributed by atoms with Crippen LogP contribution in [0.3, 0.4) is 0 Å². The highest BCUT2D eigenvalue weighted by Crippen LogP contribution is 2.29. The Balaban J connectivity index is 1.97. The molecule has 1 aromatic carbocycles. The van der Waals surface area contributed by atoms with E-state index in [0.29, 0.717) is 18.4 Å². The lowest BCUT2D eigenvalue weighted by Gasteiger charge is -2.11. The first-order chi connectivity index (χ1) is 8.47. The highest BCUT2D eigenvalue weighted by Gasteiger charge is 2.23. The van der Waals surface area contributed by atoms with E-state index in [0.717, 1.165) is 25.0 Å². The molecule has 0 heterocycles. The minimum atomic E-state index is -3.50. The Hall–Kier alpha value is -0.940. The summed E-state index contributed by atoms with van der Waals surface area (Å²) >= 11 is 0. The molecule has 0 aromatic heterocycles. The van der Waals surface area contributed by atoms with Gasteiger partial charge >= 0.3 is 0 Å². The van der Waals surface area contributed by atoms with Crippen LogP contribution >= 0.6 is 0 Å². The van der Waals surface area contributed by atoms with Gasteiger partial charge in [0.05, 0.1) is 4.90 Å². The van der Waals surface area contributed by atoms with E-state index in [4.69, 9.17) is 0 Å². The first-order valence-electron chi connectivity index (χ1n) is 6.22. The van der Waals surface area contributed by atoms with Gasteiger partial charge in [0.25, 0.3) is 0 Å². The molecular formula is C13H18FNO2S. The predicted molar refractivity (Wildman–Crippen MR) is 68.1 cm³/mol. The van der Waals surface area contributed by atoms with E-state index in [2.05, 4.69) is 11.6 Å². The molecule has 18 heavy (non-hydrogen) atoms. The van der Waals surface area contributed by atoms with Gasteiger partial charge in [0.2, 0.25) is 10.0 Å². The molecule has 1 fully saturated rings. The van der Waals surface area contributed by atoms with Gasteiger partial charge in [0.1, 0.15) is 5.82 Å². The lowest BCUT2D eigenvalue weighted by molar-refractivity contribution is 0.498. The van der Waals surface area contributed by atoms with Crippen molar-refractivity contribution in [1.29, 1.82) is 0 Å². The maximum atomic E-state index is 12.7. The molecule has 1 aliphatic carbocycles. The lowest BCUT2D eigenvalue weighted by Crippen LogP contribution is -2.28. The number of sulfonamides is 1. The van der Waals surface area contributed by atoms with E-state index < -0.39 is 15.8 Å². The summed E-state index contributed by atoms with van der Waals surface area (Å²) in [6.45, 7) is 2.67. The standard InChI is InChI=1S/C13H18FNO2S/c1-10-2-3-11(8-10)9-15-18(16,17)13-6-4-12(14)5-7-13/h4-7,10-11,15H,2-3,8-9H2,1H3. The zero-order valence-corrected chi connectivity index (χ0v) is 11.2. The van der Waals surface area contributed by atoms with Gasteiger partial charge in [0.15, 0.2) is 0 Å². The van der Waals surface area contributed by atoms with Crippen LogP contribution in [-0.2, 0) is 10.0 Å². The summed E-state index contributed by atoms with van der Waals surface area (Å²) < 4.78 is 39.2. The van der Waals surface area contributed by atoms with Gasteiger partial charge in [-0.05, 0) is 48.9 Å². The van der Waals surface area contributed by atoms with Gasteiger partial charge in [-0.15, -0.1) is 0 Å². The Kier molecular flexibility index (Phi) is 4.02. The second-order valence-corrected chi connectivity index (χ2v) is 6.86. The molecule has 1 saturated carbocycles. The molecule has 0 radical (unpaired) electrons. The number of benzene rings is 1. The Morgan fingerprint density at radius 1 is 1.28 bits per heavy atom. The van der Waals surface area contributed by atoms with E-state index in [9.17, 15) is 12.8 Å². The van der Waals surface area contributed by atoms with Crippen molar-refractivity contribution in [2.24, 2.45) is 11.8 Å². The SMILES string of the molecule is CC1CCC(CNS(=O)(=O)c2ccc(F)cc2)C1. The van der Waals surface area contributed by atoms with Crippen LogP contribution in [0.2, 0.25) is 0 Å². The molecule has 5 heteroatoms. The molecule has 2 atom stereocenters. The second kappa shape index (κ2) is 5.36. The Bertz CT molecular complexity index is 498. The Labute approximate surface area is 107 Å². The molecular weight excluding hydrogens is 253 g/mol. The lowest BCUT2D eigenvalue weighted by atomic mass is 10.1. The van der Waals surface area contributed by atoms with Crippen LogP contribution in [-0.4, -0.2) is 15.0 Å². The molecule has 1 aliphatic rings. The maximum Gasteiger partial charge on any atom is 0.240 e. The van der Waals surface area contributed by atoms with Gasteiger partial charge in [-0.2, -0.15) is 0 Å². The van der Waals surface area contributed by atoms with Crippen molar-refractivity contribution in [3.63, 3.8) is 0 Å². The average molecular weight is 271 g/mol. The van der Waals surface area contributed by atoms with Crippen LogP contribution in [0.1, 0.15) is 26.2 Å². The fraction of sp³-hybridized carbons (Fsp3) is 0.538. The monoisotopic (exact) mass is 271 g/mol. The smallest absolute Gasteiger partial charge is 0.211 e. The molecule has 1 aromatic rings. The first kappa shape index (κ1) is 13.5. The normalized spacial score (nSPS) is 24.3. The van der Waals surface area contributed by atoms with E-state index in [1.54, 1.807) is 0 Å². The fourth-order valence-corrected chi connectivity index (χ4v) is 3.55. The van der Waals surface area contributed by atoms with Crippen LogP contribution in [0.25, 0.3) is 0 Å². The summed E-state index contributed by atoms with van der Waals surface area (Å²) in [5, 5.41) is 0. The minimum absolute atomic E-state index is 0.120. The predicted octanol–water partition coefficient (Wildman–Crippen LogP) is 2.54. The highest BCUT2D eigenvalue weighted by molar-refractivity contribution is 7.89. The number of hydrogen-bond donors (Lipinski definition) is 1. The Morgan fingerprint density at radius 3 is 2.50 bits per heavy atom. The number of halogens is 1. The summed E-state index contributed by atoms with van der Waals surface area (Å²) in [5.41, 5.74) is 0. The molecule has 2 unspecified atom stereocenters. The Morgan fingerprint density at radius 2 is 1.94 bits per heavy atom. The zero-order valence-electron chi connectivity index (χ0n) is 10.4. The first-order valence-corrected chi connectivity index (χ1v) is 7.71. The van der Waals surface area contributed by atoms with Crippen molar-refractivity contribution in [2.45, 2.75) is 31.1 Å². The number of hydrogen-bond acceptors (Lipinski definition) is 2. The maximum absolute atomic E-state index is 12.7. The summed E-state index contributed by atoms with van der Waals surface area (Å²) in [7, 11) is -3.50. The quantitative estimate of drug-likeness (QED) is 0.914. The van der Waals surface area contributed by atoms with Gasteiger partial charge < -0.3 is 0 Å². The third-order valence-electron chi connectivity index (χ3n) is 3.49. The van der Waals surface area contributed by atoms with Crippen molar-refractivity contribution in [3.05, 3.63) is 30.1 Å². The summed E-state index contributed by atoms with van der Waals surface area (Å²) in [5.74, 6) is 0.680. The minimum Gasteiger partial charge on any atom is -0.211 e. The van der Waals surface area contributed by atoms with Crippen LogP contribution in [0.5, 0.6) is 0 Å². The van der Waals surface area contributed by atoms with Crippen molar-refractivity contribution in [2.75, 3.05) is 6.54 Å². The number of rotatable bonds is 4. The average Bonchev–Trinajstić information content (AvgIpc) is 2.73. The number of nitrogens with one attached hydrogen (secondary N) is 1. The van der Waals surface area contributed by atoms with E-state index in [1.165, 1.54) is 18.6 Å². The summed E-state index contributed by atoms with van der Waals surface area (Å²) in [6.07, 6.45) is 3.32. The largest absolute Gasteiger partial charge is 0.240 e. The van der Waals surface area contributed by atoms with Crippen LogP contribution in [0.15, 0.2) is 29.2 Å². The van der Waals surface area contributed by atoms with Crippen molar-refractivity contribution in [3.8, 4) is 0 Å². The van der Waals surface area contributed by atoms with Crippen LogP contribution < -0.4 is 4.72 Å². The van der Waals surface area contributed by atoms with E-state index in [-0.39, 0.29) is 4.90 Å². The molecule has 0 spiro atoms. The molecule has 0 saturated heterocycles. The van der Waals surface area contributed by atoms with Crippen molar-refractivity contribution >= 4 is 10.0 Å². The zero-order chi connectivity index (χ0) is 13.2. The third kappa shape index (κ3) is 3.29. The molecule has 100 valence electrons. The van der Waals surface area contributed by atoms with Crippen LogP contribution in [0, 0.1) is 17.7 Å². The van der Waals surface area contributed by atoms with E-state index >= 15 is 0 Å². The third-order valence-corrected chi connectivity index (χ3v) is 4.93. The van der Waals surface area contributed by atoms with Gasteiger partial charge in [0, 0.05) is 6.54 Å². The second-order valence-electron chi connectivity index (χ2n) is 5.09. The van der Waals surface area contributed by atoms with Gasteiger partial charge in [-0.25, -0.2) is 17.5 Å². The molecule has 0 bridgehead atoms. The van der Waals surface area contributed by atoms with Gasteiger partial charge in [-0.3, -0.25) is 0 Å². The molecule has 3 nitrogen and oxygen atoms in total. The summed E-state index contributed by atoms with van der Waals surface area (Å²) in [6, 6.07) is 4.89. The van der Waals surface area contributed by atoms with Gasteiger partial charge in [-0.1, -0.05) is 13.3 Å². The molecule has 0 aliphatic heterocycles. The molecule has 1 N–H and O–H groups in total. The highest BCUT2D eigenvalue weighted by atomic mass is 32.2.